The molecule has 0 unspecified atom stereocenters. The standard InChI is InChI=1S/C13H9NO3S/c15-13-11-8-10(9-4-2-1-3-5-9)6-7-12(11)18(16,17)14-13/h1-8H,(H,14,15). The topological polar surface area (TPSA) is 63.2 Å². The SMILES string of the molecule is O=C1NS(=O)(=O)c2ccc(-c3ccccc3)cc21. The van der Waals surface area contributed by atoms with E-state index in [0.29, 0.717) is 0 Å². The second-order valence-corrected chi connectivity index (χ2v) is 5.66. The van der Waals surface area contributed by atoms with Crippen LogP contribution in [0.2, 0.25) is 0 Å². The highest BCUT2D eigenvalue weighted by molar-refractivity contribution is 7.90. The Balaban J connectivity index is 2.20. The van der Waals surface area contributed by atoms with Gasteiger partial charge in [0.2, 0.25) is 0 Å². The number of nitrogens with one attached hydrogen (secondary N) is 1. The van der Waals surface area contributed by atoms with Gasteiger partial charge in [0.25, 0.3) is 15.9 Å². The molecule has 2 aromatic rings. The summed E-state index contributed by atoms with van der Waals surface area (Å²) in [4.78, 5) is 11.6. The molecule has 4 nitrogen and oxygen atoms in total. The molecule has 2 aromatic carbocycles. The van der Waals surface area contributed by atoms with E-state index < -0.39 is 15.9 Å². The molecule has 1 aliphatic rings. The van der Waals surface area contributed by atoms with Crippen LogP contribution in [-0.4, -0.2) is 14.3 Å². The third kappa shape index (κ3) is 1.60. The smallest absolute Gasteiger partial charge is 0.266 e. The Labute approximate surface area is 104 Å². The summed E-state index contributed by atoms with van der Waals surface area (Å²) in [6.07, 6.45) is 0. The van der Waals surface area contributed by atoms with Gasteiger partial charge in [0.1, 0.15) is 4.90 Å². The van der Waals surface area contributed by atoms with Gasteiger partial charge in [-0.15, -0.1) is 0 Å². The molecule has 0 spiro atoms. The van der Waals surface area contributed by atoms with Crippen LogP contribution in [0.4, 0.5) is 0 Å². The number of benzene rings is 2. The van der Waals surface area contributed by atoms with E-state index in [1.54, 1.807) is 12.1 Å². The van der Waals surface area contributed by atoms with Crippen molar-refractivity contribution in [1.82, 2.24) is 4.72 Å². The molecule has 1 aliphatic heterocycles. The first-order valence-corrected chi connectivity index (χ1v) is 6.83. The van der Waals surface area contributed by atoms with Crippen molar-refractivity contribution in [3.05, 3.63) is 54.1 Å². The summed E-state index contributed by atoms with van der Waals surface area (Å²) in [7, 11) is -3.65. The Morgan fingerprint density at radius 3 is 2.33 bits per heavy atom. The third-order valence-electron chi connectivity index (χ3n) is 2.85. The molecule has 1 amide bonds. The Morgan fingerprint density at radius 2 is 1.61 bits per heavy atom. The molecular formula is C13H9NO3S. The van der Waals surface area contributed by atoms with Gasteiger partial charge >= 0.3 is 0 Å². The minimum atomic E-state index is -3.65. The lowest BCUT2D eigenvalue weighted by atomic mass is 10.0. The zero-order valence-electron chi connectivity index (χ0n) is 9.25. The van der Waals surface area contributed by atoms with Gasteiger partial charge in [-0.1, -0.05) is 36.4 Å². The van der Waals surface area contributed by atoms with Gasteiger partial charge in [0.15, 0.2) is 0 Å². The number of rotatable bonds is 1. The van der Waals surface area contributed by atoms with Crippen molar-refractivity contribution in [2.24, 2.45) is 0 Å². The predicted molar refractivity (Wildman–Crippen MR) is 66.5 cm³/mol. The summed E-state index contributed by atoms with van der Waals surface area (Å²) >= 11 is 0. The molecule has 0 aliphatic carbocycles. The highest BCUT2D eigenvalue weighted by Gasteiger charge is 2.32. The zero-order chi connectivity index (χ0) is 12.8. The van der Waals surface area contributed by atoms with E-state index in [4.69, 9.17) is 0 Å². The van der Waals surface area contributed by atoms with E-state index >= 15 is 0 Å². The number of carbonyl (C=O) groups excluding carboxylic acids is 1. The lowest BCUT2D eigenvalue weighted by Gasteiger charge is -2.02. The summed E-state index contributed by atoms with van der Waals surface area (Å²) in [5, 5.41) is 0. The van der Waals surface area contributed by atoms with Crippen molar-refractivity contribution >= 4 is 15.9 Å². The minimum absolute atomic E-state index is 0.0483. The van der Waals surface area contributed by atoms with Crippen molar-refractivity contribution < 1.29 is 13.2 Å². The molecule has 0 atom stereocenters. The summed E-state index contributed by atoms with van der Waals surface area (Å²) in [5.41, 5.74) is 1.97. The quantitative estimate of drug-likeness (QED) is 0.849. The lowest BCUT2D eigenvalue weighted by Crippen LogP contribution is -2.20. The van der Waals surface area contributed by atoms with Crippen LogP contribution < -0.4 is 4.72 Å². The van der Waals surface area contributed by atoms with Crippen LogP contribution in [0.3, 0.4) is 0 Å². The molecule has 0 fully saturated rings. The first-order chi connectivity index (χ1) is 8.58. The number of sulfonamides is 1. The van der Waals surface area contributed by atoms with Gasteiger partial charge < -0.3 is 0 Å². The minimum Gasteiger partial charge on any atom is -0.268 e. The van der Waals surface area contributed by atoms with Crippen LogP contribution in [0.25, 0.3) is 11.1 Å². The summed E-state index contributed by atoms with van der Waals surface area (Å²) < 4.78 is 25.1. The van der Waals surface area contributed by atoms with Crippen LogP contribution >= 0.6 is 0 Å². The van der Waals surface area contributed by atoms with Gasteiger partial charge in [-0.05, 0) is 23.3 Å². The molecule has 5 heteroatoms. The fourth-order valence-electron chi connectivity index (χ4n) is 1.98. The number of hydrogen-bond acceptors (Lipinski definition) is 3. The Kier molecular flexibility index (Phi) is 2.24. The zero-order valence-corrected chi connectivity index (χ0v) is 10.1. The average molecular weight is 259 g/mol. The monoisotopic (exact) mass is 259 g/mol. The first kappa shape index (κ1) is 11.0. The molecule has 0 aromatic heterocycles. The molecule has 1 heterocycles. The lowest BCUT2D eigenvalue weighted by molar-refractivity contribution is 0.0985. The van der Waals surface area contributed by atoms with Gasteiger partial charge in [0.05, 0.1) is 5.56 Å². The first-order valence-electron chi connectivity index (χ1n) is 5.34. The number of amides is 1. The average Bonchev–Trinajstić information content (AvgIpc) is 2.61. The van der Waals surface area contributed by atoms with Crippen molar-refractivity contribution in [3.63, 3.8) is 0 Å². The molecule has 0 radical (unpaired) electrons. The van der Waals surface area contributed by atoms with Crippen LogP contribution in [-0.2, 0) is 10.0 Å². The van der Waals surface area contributed by atoms with Crippen molar-refractivity contribution in [3.8, 4) is 11.1 Å². The van der Waals surface area contributed by atoms with Crippen molar-refractivity contribution in [2.45, 2.75) is 4.90 Å². The summed E-state index contributed by atoms with van der Waals surface area (Å²) in [6.45, 7) is 0. The normalized spacial score (nSPS) is 16.1. The molecule has 3 rings (SSSR count). The van der Waals surface area contributed by atoms with E-state index in [1.807, 2.05) is 35.1 Å². The van der Waals surface area contributed by atoms with E-state index in [9.17, 15) is 13.2 Å². The highest BCUT2D eigenvalue weighted by atomic mass is 32.2. The van der Waals surface area contributed by atoms with E-state index in [-0.39, 0.29) is 10.5 Å². The number of carbonyl (C=O) groups is 1. The highest BCUT2D eigenvalue weighted by Crippen LogP contribution is 2.28. The maximum Gasteiger partial charge on any atom is 0.266 e. The molecule has 0 saturated heterocycles. The van der Waals surface area contributed by atoms with E-state index in [1.165, 1.54) is 6.07 Å². The Bertz CT molecular complexity index is 736. The Morgan fingerprint density at radius 1 is 0.889 bits per heavy atom. The van der Waals surface area contributed by atoms with Crippen LogP contribution in [0.1, 0.15) is 10.4 Å². The van der Waals surface area contributed by atoms with Gasteiger partial charge in [-0.25, -0.2) is 13.1 Å². The molecule has 18 heavy (non-hydrogen) atoms. The summed E-state index contributed by atoms with van der Waals surface area (Å²) in [5.74, 6) is -0.567. The molecule has 1 N–H and O–H groups in total. The van der Waals surface area contributed by atoms with Gasteiger partial charge in [-0.2, -0.15) is 0 Å². The Hall–Kier alpha value is -2.14. The van der Waals surface area contributed by atoms with Gasteiger partial charge in [0, 0.05) is 0 Å². The maximum atomic E-state index is 11.6. The van der Waals surface area contributed by atoms with E-state index in [2.05, 4.69) is 0 Å². The van der Waals surface area contributed by atoms with Crippen molar-refractivity contribution in [2.75, 3.05) is 0 Å². The maximum absolute atomic E-state index is 11.6. The number of hydrogen-bond donors (Lipinski definition) is 1. The van der Waals surface area contributed by atoms with Crippen LogP contribution in [0.15, 0.2) is 53.4 Å². The third-order valence-corrected chi connectivity index (χ3v) is 4.24. The van der Waals surface area contributed by atoms with E-state index in [0.717, 1.165) is 11.1 Å². The number of fused-ring (bicyclic) bond motifs is 1. The molecular weight excluding hydrogens is 250 g/mol. The summed E-state index contributed by atoms with van der Waals surface area (Å²) in [6, 6.07) is 14.3. The fraction of sp³-hybridized carbons (Fsp3) is 0. The molecule has 0 saturated carbocycles. The van der Waals surface area contributed by atoms with Crippen LogP contribution in [0, 0.1) is 0 Å². The largest absolute Gasteiger partial charge is 0.268 e. The predicted octanol–water partition coefficient (Wildman–Crippen LogP) is 1.79. The second-order valence-electron chi connectivity index (χ2n) is 4.01. The van der Waals surface area contributed by atoms with Crippen LogP contribution in [0.5, 0.6) is 0 Å². The second kappa shape index (κ2) is 3.68. The molecule has 0 bridgehead atoms. The van der Waals surface area contributed by atoms with Gasteiger partial charge in [-0.3, -0.25) is 4.79 Å². The van der Waals surface area contributed by atoms with Crippen molar-refractivity contribution in [1.29, 1.82) is 0 Å². The molecule has 90 valence electrons. The fourth-order valence-corrected chi connectivity index (χ4v) is 3.14.